The minimum absolute atomic E-state index is 0.0394. The number of nitrogens with one attached hydrogen (secondary N) is 2. The molecule has 2 heterocycles. The summed E-state index contributed by atoms with van der Waals surface area (Å²) in [5.41, 5.74) is -0.738. The molecule has 0 radical (unpaired) electrons. The maximum atomic E-state index is 12.1. The lowest BCUT2D eigenvalue weighted by Gasteiger charge is -2.24. The summed E-state index contributed by atoms with van der Waals surface area (Å²) in [6, 6.07) is 3.90. The number of amides is 2. The van der Waals surface area contributed by atoms with Crippen molar-refractivity contribution in [3.05, 3.63) is 22.4 Å². The van der Waals surface area contributed by atoms with Crippen molar-refractivity contribution < 1.29 is 9.90 Å². The maximum absolute atomic E-state index is 12.1. The van der Waals surface area contributed by atoms with Crippen LogP contribution in [-0.2, 0) is 0 Å². The fraction of sp³-hybridized carbons (Fsp3) is 0.667. The van der Waals surface area contributed by atoms with Gasteiger partial charge in [0.1, 0.15) is 0 Å². The molecule has 1 aromatic rings. The van der Waals surface area contributed by atoms with Crippen LogP contribution < -0.4 is 10.6 Å². The molecular weight excluding hydrogens is 304 g/mol. The number of carbonyl (C=O) groups excluding carboxylic acids is 1. The number of thiophene rings is 1. The van der Waals surface area contributed by atoms with Crippen LogP contribution in [0.2, 0.25) is 0 Å². The molecule has 1 aromatic heterocycles. The zero-order valence-electron chi connectivity index (χ0n) is 12.6. The van der Waals surface area contributed by atoms with E-state index in [1.807, 2.05) is 11.4 Å². The number of carbonyl (C=O) groups is 1. The van der Waals surface area contributed by atoms with E-state index in [0.717, 1.165) is 18.6 Å². The molecule has 2 amide bonds. The van der Waals surface area contributed by atoms with Crippen LogP contribution in [0.1, 0.15) is 37.6 Å². The molecule has 2 atom stereocenters. The Bertz CT molecular complexity index is 443. The van der Waals surface area contributed by atoms with Gasteiger partial charge in [0.05, 0.1) is 11.6 Å². The molecule has 21 heavy (non-hydrogen) atoms. The van der Waals surface area contributed by atoms with Gasteiger partial charge in [-0.2, -0.15) is 11.8 Å². The second kappa shape index (κ2) is 7.51. The molecule has 3 N–H and O–H groups in total. The van der Waals surface area contributed by atoms with Gasteiger partial charge in [-0.15, -0.1) is 11.3 Å². The molecular formula is C15H24N2O2S2. The van der Waals surface area contributed by atoms with Crippen molar-refractivity contribution in [3.63, 3.8) is 0 Å². The predicted molar refractivity (Wildman–Crippen MR) is 89.9 cm³/mol. The molecule has 0 spiro atoms. The van der Waals surface area contributed by atoms with Gasteiger partial charge in [0.25, 0.3) is 0 Å². The highest BCUT2D eigenvalue weighted by molar-refractivity contribution is 7.99. The van der Waals surface area contributed by atoms with E-state index in [1.165, 1.54) is 4.88 Å². The highest BCUT2D eigenvalue weighted by Gasteiger charge is 2.32. The number of thioether (sulfide) groups is 1. The molecule has 1 aliphatic rings. The van der Waals surface area contributed by atoms with Crippen molar-refractivity contribution >= 4 is 29.1 Å². The van der Waals surface area contributed by atoms with Gasteiger partial charge in [0.15, 0.2) is 0 Å². The summed E-state index contributed by atoms with van der Waals surface area (Å²) in [4.78, 5) is 13.3. The van der Waals surface area contributed by atoms with E-state index < -0.39 is 5.60 Å². The smallest absolute Gasteiger partial charge is 0.315 e. The van der Waals surface area contributed by atoms with E-state index >= 15 is 0 Å². The number of aliphatic hydroxyl groups is 1. The Balaban J connectivity index is 1.86. The fourth-order valence-corrected chi connectivity index (χ4v) is 4.48. The number of hydrogen-bond acceptors (Lipinski definition) is 4. The Morgan fingerprint density at radius 3 is 2.90 bits per heavy atom. The molecule has 4 nitrogen and oxygen atoms in total. The Hall–Kier alpha value is -0.720. The van der Waals surface area contributed by atoms with Gasteiger partial charge in [0, 0.05) is 17.2 Å². The van der Waals surface area contributed by atoms with Gasteiger partial charge in [-0.3, -0.25) is 0 Å². The maximum Gasteiger partial charge on any atom is 0.315 e. The van der Waals surface area contributed by atoms with Crippen LogP contribution in [0.25, 0.3) is 0 Å². The van der Waals surface area contributed by atoms with Gasteiger partial charge < -0.3 is 15.7 Å². The molecule has 0 aliphatic carbocycles. The summed E-state index contributed by atoms with van der Waals surface area (Å²) >= 11 is 3.40. The predicted octanol–water partition coefficient (Wildman–Crippen LogP) is 3.00. The summed E-state index contributed by atoms with van der Waals surface area (Å²) < 4.78 is 0. The van der Waals surface area contributed by atoms with E-state index in [4.69, 9.17) is 0 Å². The average molecular weight is 329 g/mol. The van der Waals surface area contributed by atoms with Gasteiger partial charge in [0.2, 0.25) is 0 Å². The summed E-state index contributed by atoms with van der Waals surface area (Å²) in [7, 11) is 0. The number of urea groups is 1. The third kappa shape index (κ3) is 5.20. The third-order valence-corrected chi connectivity index (χ3v) is 5.78. The average Bonchev–Trinajstić information content (AvgIpc) is 3.07. The zero-order valence-corrected chi connectivity index (χ0v) is 14.2. The Labute approximate surface area is 134 Å². The van der Waals surface area contributed by atoms with E-state index in [-0.39, 0.29) is 12.1 Å². The molecule has 1 saturated heterocycles. The van der Waals surface area contributed by atoms with Crippen LogP contribution in [-0.4, -0.2) is 34.8 Å². The molecule has 1 aliphatic heterocycles. The Kier molecular flexibility index (Phi) is 5.96. The molecule has 0 aromatic carbocycles. The van der Waals surface area contributed by atoms with Crippen molar-refractivity contribution in [2.24, 2.45) is 5.92 Å². The van der Waals surface area contributed by atoms with E-state index in [0.29, 0.717) is 18.2 Å². The highest BCUT2D eigenvalue weighted by atomic mass is 32.2. The molecule has 6 heteroatoms. The molecule has 0 unspecified atom stereocenters. The molecule has 1 fully saturated rings. The largest absolute Gasteiger partial charge is 0.387 e. The normalized spacial score (nSPS) is 23.2. The lowest BCUT2D eigenvalue weighted by Crippen LogP contribution is -2.47. The first kappa shape index (κ1) is 16.6. The quantitative estimate of drug-likeness (QED) is 0.752. The SMILES string of the molecule is CC(C)C[C@@H](NC(=O)NC[C@@]1(O)CCSC1)c1cccs1. The summed E-state index contributed by atoms with van der Waals surface area (Å²) in [5.74, 6) is 2.17. The monoisotopic (exact) mass is 328 g/mol. The fourth-order valence-electron chi connectivity index (χ4n) is 2.40. The van der Waals surface area contributed by atoms with Crippen molar-refractivity contribution in [1.29, 1.82) is 0 Å². The van der Waals surface area contributed by atoms with Crippen LogP contribution in [0.15, 0.2) is 17.5 Å². The van der Waals surface area contributed by atoms with E-state index in [2.05, 4.69) is 30.5 Å². The number of hydrogen-bond donors (Lipinski definition) is 3. The molecule has 118 valence electrons. The van der Waals surface area contributed by atoms with Gasteiger partial charge >= 0.3 is 6.03 Å². The lowest BCUT2D eigenvalue weighted by molar-refractivity contribution is 0.0698. The van der Waals surface area contributed by atoms with E-state index in [1.54, 1.807) is 23.1 Å². The second-order valence-corrected chi connectivity index (χ2v) is 8.14. The standard InChI is InChI=1S/C15H24N2O2S2/c1-11(2)8-12(13-4-3-6-21-13)17-14(18)16-9-15(19)5-7-20-10-15/h3-4,6,11-12,19H,5,7-10H2,1-2H3,(H2,16,17,18)/t12-,15+/m1/s1. The first-order valence-electron chi connectivity index (χ1n) is 7.36. The highest BCUT2D eigenvalue weighted by Crippen LogP contribution is 2.27. The van der Waals surface area contributed by atoms with Gasteiger partial charge in [-0.05, 0) is 36.0 Å². The van der Waals surface area contributed by atoms with Crippen molar-refractivity contribution in [1.82, 2.24) is 10.6 Å². The topological polar surface area (TPSA) is 61.4 Å². The van der Waals surface area contributed by atoms with Gasteiger partial charge in [-0.1, -0.05) is 19.9 Å². The Morgan fingerprint density at radius 2 is 2.33 bits per heavy atom. The zero-order chi connectivity index (χ0) is 15.3. The summed E-state index contributed by atoms with van der Waals surface area (Å²) in [6.07, 6.45) is 1.66. The lowest BCUT2D eigenvalue weighted by atomic mass is 10.0. The number of rotatable bonds is 6. The minimum atomic E-state index is -0.738. The van der Waals surface area contributed by atoms with Crippen LogP contribution in [0.3, 0.4) is 0 Å². The Morgan fingerprint density at radius 1 is 1.52 bits per heavy atom. The minimum Gasteiger partial charge on any atom is -0.387 e. The van der Waals surface area contributed by atoms with Crippen molar-refractivity contribution in [2.45, 2.75) is 38.3 Å². The first-order valence-corrected chi connectivity index (χ1v) is 9.40. The molecule has 0 bridgehead atoms. The third-order valence-electron chi connectivity index (χ3n) is 3.56. The van der Waals surface area contributed by atoms with E-state index in [9.17, 15) is 9.90 Å². The summed E-state index contributed by atoms with van der Waals surface area (Å²) in [5, 5.41) is 18.1. The van der Waals surface area contributed by atoms with Gasteiger partial charge in [-0.25, -0.2) is 4.79 Å². The molecule has 2 rings (SSSR count). The van der Waals surface area contributed by atoms with Crippen LogP contribution in [0.5, 0.6) is 0 Å². The van der Waals surface area contributed by atoms with Crippen molar-refractivity contribution in [3.8, 4) is 0 Å². The first-order chi connectivity index (χ1) is 9.98. The second-order valence-electron chi connectivity index (χ2n) is 6.05. The van der Waals surface area contributed by atoms with Crippen LogP contribution in [0, 0.1) is 5.92 Å². The summed E-state index contributed by atoms with van der Waals surface area (Å²) in [6.45, 7) is 4.63. The molecule has 0 saturated carbocycles. The van der Waals surface area contributed by atoms with Crippen LogP contribution >= 0.6 is 23.1 Å². The van der Waals surface area contributed by atoms with Crippen molar-refractivity contribution in [2.75, 3.05) is 18.1 Å². The van der Waals surface area contributed by atoms with Crippen LogP contribution in [0.4, 0.5) is 4.79 Å².